The maximum atomic E-state index is 12.8. The van der Waals surface area contributed by atoms with E-state index in [4.69, 9.17) is 11.6 Å². The molecule has 1 heterocycles. The molecule has 0 aliphatic carbocycles. The topological polar surface area (TPSA) is 54.9 Å². The van der Waals surface area contributed by atoms with Crippen LogP contribution in [0.15, 0.2) is 57.8 Å². The van der Waals surface area contributed by atoms with Gasteiger partial charge in [-0.15, -0.1) is 10.2 Å². The van der Waals surface area contributed by atoms with E-state index in [1.54, 1.807) is 12.1 Å². The zero-order chi connectivity index (χ0) is 16.2. The summed E-state index contributed by atoms with van der Waals surface area (Å²) in [5, 5.41) is 11.4. The van der Waals surface area contributed by atoms with Gasteiger partial charge >= 0.3 is 0 Å². The van der Waals surface area contributed by atoms with Gasteiger partial charge in [0.05, 0.1) is 0 Å². The van der Waals surface area contributed by atoms with Crippen molar-refractivity contribution in [3.8, 4) is 0 Å². The molecule has 3 aromatic rings. The molecule has 0 unspecified atom stereocenters. The number of anilines is 1. The van der Waals surface area contributed by atoms with Crippen molar-refractivity contribution in [2.24, 2.45) is 0 Å². The number of carbonyl (C=O) groups excluding carboxylic acids is 1. The van der Waals surface area contributed by atoms with Crippen molar-refractivity contribution in [1.29, 1.82) is 0 Å². The molecule has 0 spiro atoms. The van der Waals surface area contributed by atoms with Crippen molar-refractivity contribution in [2.45, 2.75) is 9.24 Å². The summed E-state index contributed by atoms with van der Waals surface area (Å²) in [6.07, 6.45) is 0. The lowest BCUT2D eigenvalue weighted by molar-refractivity contribution is 0.102. The zero-order valence-electron chi connectivity index (χ0n) is 11.5. The lowest BCUT2D eigenvalue weighted by Crippen LogP contribution is -2.11. The number of carbonyl (C=O) groups is 1. The molecular formula is C15H9ClFN3OS2. The van der Waals surface area contributed by atoms with Gasteiger partial charge in [-0.25, -0.2) is 4.39 Å². The molecule has 0 aliphatic rings. The predicted molar refractivity (Wildman–Crippen MR) is 89.8 cm³/mol. The van der Waals surface area contributed by atoms with E-state index < -0.39 is 0 Å². The van der Waals surface area contributed by atoms with E-state index in [9.17, 15) is 9.18 Å². The fraction of sp³-hybridized carbons (Fsp3) is 0. The van der Waals surface area contributed by atoms with E-state index in [0.29, 0.717) is 15.0 Å². The standard InChI is InChI=1S/C15H9ClFN3OS2/c16-9-1-7-12(8-2-9)22-15-20-19-14(23-15)13(21)18-11-5-3-10(17)4-6-11/h1-8H,(H,18,21). The van der Waals surface area contributed by atoms with Crippen LogP contribution in [0.5, 0.6) is 0 Å². The van der Waals surface area contributed by atoms with E-state index in [1.165, 1.54) is 47.4 Å². The van der Waals surface area contributed by atoms with Crippen LogP contribution in [0, 0.1) is 5.82 Å². The molecule has 116 valence electrons. The quantitative estimate of drug-likeness (QED) is 0.725. The molecule has 1 aromatic heterocycles. The van der Waals surface area contributed by atoms with Crippen LogP contribution in [0.3, 0.4) is 0 Å². The van der Waals surface area contributed by atoms with E-state index >= 15 is 0 Å². The Morgan fingerprint density at radius 3 is 2.48 bits per heavy atom. The third kappa shape index (κ3) is 4.28. The van der Waals surface area contributed by atoms with Crippen molar-refractivity contribution in [3.05, 3.63) is 64.4 Å². The fourth-order valence-corrected chi connectivity index (χ4v) is 3.51. The third-order valence-electron chi connectivity index (χ3n) is 2.72. The summed E-state index contributed by atoms with van der Waals surface area (Å²) >= 11 is 8.42. The number of benzene rings is 2. The average molecular weight is 366 g/mol. The Bertz CT molecular complexity index is 821. The van der Waals surface area contributed by atoms with Crippen molar-refractivity contribution in [3.63, 3.8) is 0 Å². The number of nitrogens with one attached hydrogen (secondary N) is 1. The van der Waals surface area contributed by atoms with Gasteiger partial charge in [0, 0.05) is 15.6 Å². The molecule has 0 saturated carbocycles. The predicted octanol–water partition coefficient (Wildman–Crippen LogP) is 4.73. The Morgan fingerprint density at radius 1 is 1.09 bits per heavy atom. The molecule has 0 atom stereocenters. The number of halogens is 2. The lowest BCUT2D eigenvalue weighted by atomic mass is 10.3. The molecule has 1 amide bonds. The molecule has 0 radical (unpaired) electrons. The van der Waals surface area contributed by atoms with Gasteiger partial charge in [-0.1, -0.05) is 34.7 Å². The highest BCUT2D eigenvalue weighted by molar-refractivity contribution is 8.01. The van der Waals surface area contributed by atoms with Crippen molar-refractivity contribution in [1.82, 2.24) is 10.2 Å². The van der Waals surface area contributed by atoms with Gasteiger partial charge in [0.25, 0.3) is 5.91 Å². The maximum Gasteiger partial charge on any atom is 0.286 e. The molecule has 4 nitrogen and oxygen atoms in total. The Labute approximate surface area is 144 Å². The van der Waals surface area contributed by atoms with Crippen LogP contribution in [0.25, 0.3) is 0 Å². The van der Waals surface area contributed by atoms with Crippen molar-refractivity contribution in [2.75, 3.05) is 5.32 Å². The van der Waals surface area contributed by atoms with Crippen LogP contribution in [-0.4, -0.2) is 16.1 Å². The SMILES string of the molecule is O=C(Nc1ccc(F)cc1)c1nnc(Sc2ccc(Cl)cc2)s1. The maximum absolute atomic E-state index is 12.8. The minimum atomic E-state index is -0.378. The first-order chi connectivity index (χ1) is 11.1. The van der Waals surface area contributed by atoms with Gasteiger partial charge in [-0.2, -0.15) is 0 Å². The molecular weight excluding hydrogens is 357 g/mol. The largest absolute Gasteiger partial charge is 0.320 e. The van der Waals surface area contributed by atoms with Crippen molar-refractivity contribution < 1.29 is 9.18 Å². The Morgan fingerprint density at radius 2 is 1.78 bits per heavy atom. The van der Waals surface area contributed by atoms with Crippen LogP contribution < -0.4 is 5.32 Å². The third-order valence-corrected chi connectivity index (χ3v) is 4.95. The molecule has 0 saturated heterocycles. The number of rotatable bonds is 4. The number of aromatic nitrogens is 2. The molecule has 3 rings (SSSR count). The van der Waals surface area contributed by atoms with E-state index in [0.717, 1.165) is 4.90 Å². The highest BCUT2D eigenvalue weighted by Gasteiger charge is 2.14. The number of hydrogen-bond donors (Lipinski definition) is 1. The minimum absolute atomic E-state index is 0.241. The summed E-state index contributed by atoms with van der Waals surface area (Å²) in [4.78, 5) is 13.0. The van der Waals surface area contributed by atoms with E-state index in [2.05, 4.69) is 15.5 Å². The normalized spacial score (nSPS) is 10.5. The first kappa shape index (κ1) is 15.9. The summed E-state index contributed by atoms with van der Waals surface area (Å²) in [6, 6.07) is 12.8. The first-order valence-corrected chi connectivity index (χ1v) is 8.45. The summed E-state index contributed by atoms with van der Waals surface area (Å²) in [5.74, 6) is -0.738. The summed E-state index contributed by atoms with van der Waals surface area (Å²) in [6.45, 7) is 0. The number of amides is 1. The van der Waals surface area contributed by atoms with E-state index in [1.807, 2.05) is 12.1 Å². The second-order valence-corrected chi connectivity index (χ2v) is 7.12. The molecule has 2 aromatic carbocycles. The van der Waals surface area contributed by atoms with Gasteiger partial charge < -0.3 is 5.32 Å². The zero-order valence-corrected chi connectivity index (χ0v) is 13.9. The molecule has 23 heavy (non-hydrogen) atoms. The molecule has 1 N–H and O–H groups in total. The van der Waals surface area contributed by atoms with Crippen LogP contribution >= 0.6 is 34.7 Å². The minimum Gasteiger partial charge on any atom is -0.320 e. The molecule has 0 fully saturated rings. The Kier molecular flexibility index (Phi) is 4.90. The van der Waals surface area contributed by atoms with Gasteiger partial charge in [0.15, 0.2) is 4.34 Å². The highest BCUT2D eigenvalue weighted by atomic mass is 35.5. The molecule has 0 bridgehead atoms. The lowest BCUT2D eigenvalue weighted by Gasteiger charge is -2.01. The summed E-state index contributed by atoms with van der Waals surface area (Å²) in [5.41, 5.74) is 0.499. The average Bonchev–Trinajstić information content (AvgIpc) is 3.00. The molecule has 0 aliphatic heterocycles. The van der Waals surface area contributed by atoms with Gasteiger partial charge in [0.1, 0.15) is 5.82 Å². The summed E-state index contributed by atoms with van der Waals surface area (Å²) in [7, 11) is 0. The molecule has 8 heteroatoms. The Balaban J connectivity index is 1.67. The number of nitrogens with zero attached hydrogens (tertiary/aromatic N) is 2. The fourth-order valence-electron chi connectivity index (χ4n) is 1.66. The number of hydrogen-bond acceptors (Lipinski definition) is 5. The Hall–Kier alpha value is -1.96. The monoisotopic (exact) mass is 365 g/mol. The highest BCUT2D eigenvalue weighted by Crippen LogP contribution is 2.31. The smallest absolute Gasteiger partial charge is 0.286 e. The first-order valence-electron chi connectivity index (χ1n) is 6.44. The van der Waals surface area contributed by atoms with Crippen LogP contribution in [-0.2, 0) is 0 Å². The van der Waals surface area contributed by atoms with Gasteiger partial charge in [-0.3, -0.25) is 4.79 Å². The van der Waals surface area contributed by atoms with Crippen LogP contribution in [0.2, 0.25) is 5.02 Å². The van der Waals surface area contributed by atoms with Crippen LogP contribution in [0.1, 0.15) is 9.80 Å². The van der Waals surface area contributed by atoms with Gasteiger partial charge in [0.2, 0.25) is 5.01 Å². The van der Waals surface area contributed by atoms with E-state index in [-0.39, 0.29) is 16.7 Å². The van der Waals surface area contributed by atoms with Crippen molar-refractivity contribution >= 4 is 46.3 Å². The second kappa shape index (κ2) is 7.08. The van der Waals surface area contributed by atoms with Crippen LogP contribution in [0.4, 0.5) is 10.1 Å². The summed E-state index contributed by atoms with van der Waals surface area (Å²) < 4.78 is 13.5. The second-order valence-electron chi connectivity index (χ2n) is 4.39. The van der Waals surface area contributed by atoms with Gasteiger partial charge in [-0.05, 0) is 48.5 Å².